The van der Waals surface area contributed by atoms with Crippen LogP contribution < -0.4 is 11.1 Å². The molecule has 1 rings (SSSR count). The van der Waals surface area contributed by atoms with Gasteiger partial charge in [0.2, 0.25) is 5.91 Å². The molecule has 0 heterocycles. The van der Waals surface area contributed by atoms with E-state index in [0.29, 0.717) is 13.2 Å². The number of nitrogens with one attached hydrogen (secondary N) is 1. The van der Waals surface area contributed by atoms with Gasteiger partial charge in [0.05, 0.1) is 11.1 Å². The van der Waals surface area contributed by atoms with E-state index in [9.17, 15) is 4.79 Å². The molecule has 0 unspecified atom stereocenters. The molecular formula is C12H24N2O2. The number of carbonyl (C=O) groups is 1. The van der Waals surface area contributed by atoms with Crippen LogP contribution in [-0.2, 0) is 9.53 Å². The van der Waals surface area contributed by atoms with Crippen molar-refractivity contribution in [3.63, 3.8) is 0 Å². The topological polar surface area (TPSA) is 64.3 Å². The van der Waals surface area contributed by atoms with Crippen LogP contribution in [0.2, 0.25) is 0 Å². The number of carbonyl (C=O) groups excluding carboxylic acids is 1. The van der Waals surface area contributed by atoms with E-state index in [1.165, 1.54) is 0 Å². The van der Waals surface area contributed by atoms with Crippen LogP contribution in [0.1, 0.15) is 46.5 Å². The lowest BCUT2D eigenvalue weighted by atomic mass is 9.97. The molecule has 1 fully saturated rings. The average molecular weight is 228 g/mol. The Morgan fingerprint density at radius 2 is 2.00 bits per heavy atom. The first-order valence-electron chi connectivity index (χ1n) is 6.11. The SMILES string of the molecule is CCOC(C)(C)CNC(=O)C1(N)CCCC1. The van der Waals surface area contributed by atoms with E-state index < -0.39 is 5.54 Å². The summed E-state index contributed by atoms with van der Waals surface area (Å²) in [6.07, 6.45) is 3.71. The standard InChI is InChI=1S/C12H24N2O2/c1-4-16-11(2,3)9-14-10(15)12(13)7-5-6-8-12/h4-9,13H2,1-3H3,(H,14,15). The zero-order chi connectivity index (χ0) is 12.2. The fourth-order valence-electron chi connectivity index (χ4n) is 2.14. The van der Waals surface area contributed by atoms with Gasteiger partial charge < -0.3 is 15.8 Å². The zero-order valence-electron chi connectivity index (χ0n) is 10.6. The Balaban J connectivity index is 2.40. The van der Waals surface area contributed by atoms with Crippen LogP contribution in [0.5, 0.6) is 0 Å². The molecule has 0 saturated heterocycles. The molecule has 1 aliphatic carbocycles. The van der Waals surface area contributed by atoms with Crippen LogP contribution in [0.15, 0.2) is 0 Å². The van der Waals surface area contributed by atoms with Gasteiger partial charge in [0, 0.05) is 13.2 Å². The van der Waals surface area contributed by atoms with Crippen molar-refractivity contribution in [1.29, 1.82) is 0 Å². The van der Waals surface area contributed by atoms with Crippen LogP contribution in [0.25, 0.3) is 0 Å². The minimum atomic E-state index is -0.637. The molecule has 94 valence electrons. The maximum absolute atomic E-state index is 11.9. The van der Waals surface area contributed by atoms with Gasteiger partial charge in [0.25, 0.3) is 0 Å². The largest absolute Gasteiger partial charge is 0.374 e. The van der Waals surface area contributed by atoms with E-state index in [4.69, 9.17) is 10.5 Å². The fraction of sp³-hybridized carbons (Fsp3) is 0.917. The summed E-state index contributed by atoms with van der Waals surface area (Å²) in [5.74, 6) is -0.0298. The maximum atomic E-state index is 11.9. The number of hydrogen-bond acceptors (Lipinski definition) is 3. The lowest BCUT2D eigenvalue weighted by molar-refractivity contribution is -0.127. The second-order valence-electron chi connectivity index (χ2n) is 5.24. The van der Waals surface area contributed by atoms with Crippen molar-refractivity contribution in [2.24, 2.45) is 5.73 Å². The molecule has 0 radical (unpaired) electrons. The molecule has 4 heteroatoms. The second kappa shape index (κ2) is 5.15. The smallest absolute Gasteiger partial charge is 0.240 e. The molecule has 0 aromatic heterocycles. The molecule has 16 heavy (non-hydrogen) atoms. The van der Waals surface area contributed by atoms with Crippen molar-refractivity contribution in [2.45, 2.75) is 57.6 Å². The summed E-state index contributed by atoms with van der Waals surface area (Å²) < 4.78 is 5.52. The summed E-state index contributed by atoms with van der Waals surface area (Å²) in [5.41, 5.74) is 5.10. The van der Waals surface area contributed by atoms with Crippen molar-refractivity contribution < 1.29 is 9.53 Å². The summed E-state index contributed by atoms with van der Waals surface area (Å²) in [4.78, 5) is 11.9. The molecular weight excluding hydrogens is 204 g/mol. The Labute approximate surface area is 97.9 Å². The number of hydrogen-bond donors (Lipinski definition) is 2. The van der Waals surface area contributed by atoms with Gasteiger partial charge >= 0.3 is 0 Å². The molecule has 0 aliphatic heterocycles. The summed E-state index contributed by atoms with van der Waals surface area (Å²) in [7, 11) is 0. The van der Waals surface area contributed by atoms with E-state index >= 15 is 0 Å². The van der Waals surface area contributed by atoms with Crippen LogP contribution in [0, 0.1) is 0 Å². The minimum absolute atomic E-state index is 0.0298. The summed E-state index contributed by atoms with van der Waals surface area (Å²) in [6, 6.07) is 0. The van der Waals surface area contributed by atoms with E-state index in [1.807, 2.05) is 20.8 Å². The van der Waals surface area contributed by atoms with Gasteiger partial charge in [-0.15, -0.1) is 0 Å². The third-order valence-corrected chi connectivity index (χ3v) is 3.16. The van der Waals surface area contributed by atoms with E-state index in [0.717, 1.165) is 25.7 Å². The average Bonchev–Trinajstić information content (AvgIpc) is 2.63. The van der Waals surface area contributed by atoms with Crippen molar-refractivity contribution in [1.82, 2.24) is 5.32 Å². The van der Waals surface area contributed by atoms with E-state index in [1.54, 1.807) is 0 Å². The normalized spacial score (nSPS) is 19.8. The summed E-state index contributed by atoms with van der Waals surface area (Å²) in [6.45, 7) is 7.05. The zero-order valence-corrected chi connectivity index (χ0v) is 10.6. The minimum Gasteiger partial charge on any atom is -0.374 e. The fourth-order valence-corrected chi connectivity index (χ4v) is 2.14. The number of rotatable bonds is 5. The van der Waals surface area contributed by atoms with E-state index in [-0.39, 0.29) is 11.5 Å². The molecule has 0 aromatic rings. The van der Waals surface area contributed by atoms with Gasteiger partial charge in [-0.3, -0.25) is 4.79 Å². The van der Waals surface area contributed by atoms with Gasteiger partial charge in [-0.25, -0.2) is 0 Å². The molecule has 0 aromatic carbocycles. The van der Waals surface area contributed by atoms with Crippen molar-refractivity contribution in [3.8, 4) is 0 Å². The third kappa shape index (κ3) is 3.46. The third-order valence-electron chi connectivity index (χ3n) is 3.16. The van der Waals surface area contributed by atoms with Gasteiger partial charge in [-0.2, -0.15) is 0 Å². The number of ether oxygens (including phenoxy) is 1. The highest BCUT2D eigenvalue weighted by atomic mass is 16.5. The Kier molecular flexibility index (Phi) is 4.33. The predicted molar refractivity (Wildman–Crippen MR) is 64.1 cm³/mol. The van der Waals surface area contributed by atoms with Crippen molar-refractivity contribution in [3.05, 3.63) is 0 Å². The Bertz CT molecular complexity index is 245. The van der Waals surface area contributed by atoms with Crippen LogP contribution >= 0.6 is 0 Å². The first kappa shape index (κ1) is 13.5. The highest BCUT2D eigenvalue weighted by Gasteiger charge is 2.37. The monoisotopic (exact) mass is 228 g/mol. The van der Waals surface area contributed by atoms with Gasteiger partial charge in [0.1, 0.15) is 0 Å². The second-order valence-corrected chi connectivity index (χ2v) is 5.24. The number of amides is 1. The van der Waals surface area contributed by atoms with E-state index in [2.05, 4.69) is 5.32 Å². The molecule has 1 amide bonds. The summed E-state index contributed by atoms with van der Waals surface area (Å²) in [5, 5.41) is 2.90. The molecule has 0 bridgehead atoms. The molecule has 0 spiro atoms. The van der Waals surface area contributed by atoms with Gasteiger partial charge in [-0.05, 0) is 33.6 Å². The van der Waals surface area contributed by atoms with Crippen LogP contribution in [-0.4, -0.2) is 30.2 Å². The lowest BCUT2D eigenvalue weighted by Gasteiger charge is -2.28. The number of nitrogens with two attached hydrogens (primary N) is 1. The Morgan fingerprint density at radius 1 is 1.44 bits per heavy atom. The predicted octanol–water partition coefficient (Wildman–Crippen LogP) is 1.19. The quantitative estimate of drug-likeness (QED) is 0.743. The molecule has 0 atom stereocenters. The first-order chi connectivity index (χ1) is 7.40. The first-order valence-corrected chi connectivity index (χ1v) is 6.11. The summed E-state index contributed by atoms with van der Waals surface area (Å²) >= 11 is 0. The molecule has 1 saturated carbocycles. The van der Waals surface area contributed by atoms with Crippen molar-refractivity contribution in [2.75, 3.05) is 13.2 Å². The van der Waals surface area contributed by atoms with Crippen LogP contribution in [0.3, 0.4) is 0 Å². The Hall–Kier alpha value is -0.610. The van der Waals surface area contributed by atoms with Gasteiger partial charge in [-0.1, -0.05) is 12.8 Å². The highest BCUT2D eigenvalue weighted by Crippen LogP contribution is 2.27. The maximum Gasteiger partial charge on any atom is 0.240 e. The molecule has 4 nitrogen and oxygen atoms in total. The highest BCUT2D eigenvalue weighted by molar-refractivity contribution is 5.86. The molecule has 1 aliphatic rings. The molecule has 3 N–H and O–H groups in total. The van der Waals surface area contributed by atoms with Crippen LogP contribution in [0.4, 0.5) is 0 Å². The lowest BCUT2D eigenvalue weighted by Crippen LogP contribution is -2.54. The Morgan fingerprint density at radius 3 is 2.50 bits per heavy atom. The van der Waals surface area contributed by atoms with Gasteiger partial charge in [0.15, 0.2) is 0 Å². The van der Waals surface area contributed by atoms with Crippen molar-refractivity contribution >= 4 is 5.91 Å².